The van der Waals surface area contributed by atoms with Crippen LogP contribution in [0.5, 0.6) is 0 Å². The quantitative estimate of drug-likeness (QED) is 0.311. The number of anilines is 1. The number of nitrogens with zero attached hydrogens (tertiary/aromatic N) is 1. The van der Waals surface area contributed by atoms with Gasteiger partial charge in [0.2, 0.25) is 0 Å². The molecule has 1 atom stereocenters. The molecule has 1 fully saturated rings. The minimum atomic E-state index is -2.03. The van der Waals surface area contributed by atoms with Crippen molar-refractivity contribution >= 4 is 23.7 Å². The minimum absolute atomic E-state index is 0.0566. The zero-order chi connectivity index (χ0) is 24.9. The van der Waals surface area contributed by atoms with Crippen LogP contribution in [0.2, 0.25) is 0 Å². The summed E-state index contributed by atoms with van der Waals surface area (Å²) < 4.78 is 15.8. The summed E-state index contributed by atoms with van der Waals surface area (Å²) in [6, 6.07) is 6.76. The van der Waals surface area contributed by atoms with Gasteiger partial charge in [-0.25, -0.2) is 14.4 Å². The van der Waals surface area contributed by atoms with Gasteiger partial charge in [-0.05, 0) is 51.8 Å². The summed E-state index contributed by atoms with van der Waals surface area (Å²) in [5.41, 5.74) is -0.714. The number of ether oxygens (including phenoxy) is 3. The van der Waals surface area contributed by atoms with Crippen molar-refractivity contribution in [1.82, 2.24) is 5.32 Å². The lowest BCUT2D eigenvalue weighted by atomic mass is 9.93. The Morgan fingerprint density at radius 3 is 2.21 bits per heavy atom. The molecule has 1 unspecified atom stereocenters. The number of benzene rings is 1. The second kappa shape index (κ2) is 14.1. The van der Waals surface area contributed by atoms with Crippen LogP contribution in [0.25, 0.3) is 0 Å². The Labute approximate surface area is 195 Å². The Morgan fingerprint density at radius 1 is 1.21 bits per heavy atom. The third-order valence-electron chi connectivity index (χ3n) is 4.56. The number of urea groups is 1. The van der Waals surface area contributed by atoms with Crippen LogP contribution in [0, 0.1) is 12.3 Å². The van der Waals surface area contributed by atoms with Crippen molar-refractivity contribution < 1.29 is 33.7 Å². The first-order valence-electron chi connectivity index (χ1n) is 10.9. The summed E-state index contributed by atoms with van der Waals surface area (Å²) in [7, 11) is 0. The standard InChI is InChI=1S/C21H30N2O7.C3H4/c1-4-28-18(25)21(19(26)29-5-2,30-14-15(3)24)13-16-7-9-17(10-8-16)23-12-6-11-22-20(23)27;1-3-2/h7-10,15,24H,4-6,11-14H2,1-3H3,(H,22,27);1H,2H3. The van der Waals surface area contributed by atoms with Gasteiger partial charge in [-0.1, -0.05) is 12.1 Å². The fraction of sp³-hybridized carbons (Fsp3) is 0.542. The minimum Gasteiger partial charge on any atom is -0.463 e. The average molecular weight is 463 g/mol. The van der Waals surface area contributed by atoms with E-state index in [2.05, 4.69) is 17.7 Å². The number of carbonyl (C=O) groups is 3. The second-order valence-corrected chi connectivity index (χ2v) is 7.30. The SMILES string of the molecule is C#CC.CCOC(=O)C(Cc1ccc(N2CCCNC2=O)cc1)(OCC(C)O)C(=O)OCC. The van der Waals surface area contributed by atoms with E-state index >= 15 is 0 Å². The maximum Gasteiger partial charge on any atom is 0.350 e. The summed E-state index contributed by atoms with van der Waals surface area (Å²) in [5, 5.41) is 12.4. The number of carbonyl (C=O) groups excluding carboxylic acids is 3. The van der Waals surface area contributed by atoms with Gasteiger partial charge in [-0.2, -0.15) is 0 Å². The van der Waals surface area contributed by atoms with Crippen LogP contribution in [0.1, 0.15) is 39.7 Å². The Kier molecular flexibility index (Phi) is 12.0. The van der Waals surface area contributed by atoms with Crippen LogP contribution in [0.4, 0.5) is 10.5 Å². The van der Waals surface area contributed by atoms with Gasteiger partial charge in [-0.15, -0.1) is 12.3 Å². The lowest BCUT2D eigenvalue weighted by Crippen LogP contribution is -2.54. The number of aliphatic hydroxyl groups is 1. The largest absolute Gasteiger partial charge is 0.463 e. The Hall–Kier alpha value is -3.09. The predicted octanol–water partition coefficient (Wildman–Crippen LogP) is 2.05. The normalized spacial score (nSPS) is 14.2. The molecule has 182 valence electrons. The molecule has 1 aliphatic rings. The van der Waals surface area contributed by atoms with Crippen molar-refractivity contribution in [3.05, 3.63) is 29.8 Å². The summed E-state index contributed by atoms with van der Waals surface area (Å²) in [6.07, 6.45) is 4.41. The maximum absolute atomic E-state index is 12.8. The van der Waals surface area contributed by atoms with E-state index in [1.165, 1.54) is 6.92 Å². The van der Waals surface area contributed by atoms with Gasteiger partial charge in [-0.3, -0.25) is 4.90 Å². The molecule has 1 heterocycles. The molecule has 33 heavy (non-hydrogen) atoms. The van der Waals surface area contributed by atoms with E-state index in [1.54, 1.807) is 49.9 Å². The average Bonchev–Trinajstić information content (AvgIpc) is 2.78. The summed E-state index contributed by atoms with van der Waals surface area (Å²) >= 11 is 0. The second-order valence-electron chi connectivity index (χ2n) is 7.30. The van der Waals surface area contributed by atoms with E-state index in [1.807, 2.05) is 0 Å². The molecule has 0 spiro atoms. The number of hydrogen-bond donors (Lipinski definition) is 2. The van der Waals surface area contributed by atoms with Crippen LogP contribution in [0.3, 0.4) is 0 Å². The fourth-order valence-electron chi connectivity index (χ4n) is 3.11. The maximum atomic E-state index is 12.8. The number of rotatable bonds is 10. The number of esters is 2. The van der Waals surface area contributed by atoms with E-state index in [4.69, 9.17) is 14.2 Å². The molecule has 2 N–H and O–H groups in total. The predicted molar refractivity (Wildman–Crippen MR) is 124 cm³/mol. The van der Waals surface area contributed by atoms with E-state index in [9.17, 15) is 19.5 Å². The first kappa shape index (κ1) is 27.9. The van der Waals surface area contributed by atoms with Crippen molar-refractivity contribution in [3.8, 4) is 12.3 Å². The molecule has 1 aliphatic heterocycles. The summed E-state index contributed by atoms with van der Waals surface area (Å²) in [6.45, 7) is 7.51. The monoisotopic (exact) mass is 462 g/mol. The van der Waals surface area contributed by atoms with E-state index in [-0.39, 0.29) is 32.3 Å². The molecule has 1 aromatic carbocycles. The molecule has 0 bridgehead atoms. The molecular formula is C24H34N2O7. The van der Waals surface area contributed by atoms with Crippen molar-refractivity contribution in [2.45, 2.75) is 52.2 Å². The zero-order valence-corrected chi connectivity index (χ0v) is 19.8. The van der Waals surface area contributed by atoms with Crippen LogP contribution < -0.4 is 10.2 Å². The lowest BCUT2D eigenvalue weighted by Gasteiger charge is -2.30. The van der Waals surface area contributed by atoms with Gasteiger partial charge in [0.05, 0.1) is 25.9 Å². The molecule has 0 radical (unpaired) electrons. The van der Waals surface area contributed by atoms with Crippen molar-refractivity contribution in [2.75, 3.05) is 37.8 Å². The van der Waals surface area contributed by atoms with Gasteiger partial charge in [0, 0.05) is 25.2 Å². The summed E-state index contributed by atoms with van der Waals surface area (Å²) in [5.74, 6) is 0.507. The summed E-state index contributed by atoms with van der Waals surface area (Å²) in [4.78, 5) is 39.2. The highest BCUT2D eigenvalue weighted by molar-refractivity contribution is 6.04. The number of terminal acetylenes is 1. The van der Waals surface area contributed by atoms with Gasteiger partial charge < -0.3 is 24.6 Å². The Bertz CT molecular complexity index is 797. The highest BCUT2D eigenvalue weighted by Crippen LogP contribution is 2.25. The van der Waals surface area contributed by atoms with E-state index in [0.717, 1.165) is 6.42 Å². The van der Waals surface area contributed by atoms with Crippen molar-refractivity contribution in [2.24, 2.45) is 0 Å². The zero-order valence-electron chi connectivity index (χ0n) is 19.8. The fourth-order valence-corrected chi connectivity index (χ4v) is 3.11. The van der Waals surface area contributed by atoms with E-state index < -0.39 is 23.6 Å². The topological polar surface area (TPSA) is 114 Å². The molecule has 0 saturated carbocycles. The number of amides is 2. The molecule has 9 heteroatoms. The van der Waals surface area contributed by atoms with E-state index in [0.29, 0.717) is 24.3 Å². The van der Waals surface area contributed by atoms with Crippen molar-refractivity contribution in [1.29, 1.82) is 0 Å². The van der Waals surface area contributed by atoms with Crippen molar-refractivity contribution in [3.63, 3.8) is 0 Å². The first-order chi connectivity index (χ1) is 15.7. The molecule has 0 aliphatic carbocycles. The number of aliphatic hydroxyl groups excluding tert-OH is 1. The highest BCUT2D eigenvalue weighted by atomic mass is 16.6. The third-order valence-corrected chi connectivity index (χ3v) is 4.56. The lowest BCUT2D eigenvalue weighted by molar-refractivity contribution is -0.193. The van der Waals surface area contributed by atoms with Crippen LogP contribution in [0.15, 0.2) is 24.3 Å². The number of nitrogens with one attached hydrogen (secondary N) is 1. The molecular weight excluding hydrogens is 428 g/mol. The molecule has 2 amide bonds. The molecule has 2 rings (SSSR count). The van der Waals surface area contributed by atoms with Gasteiger partial charge in [0.1, 0.15) is 0 Å². The van der Waals surface area contributed by atoms with Crippen LogP contribution >= 0.6 is 0 Å². The molecule has 1 saturated heterocycles. The molecule has 0 aromatic heterocycles. The Morgan fingerprint density at radius 2 is 1.76 bits per heavy atom. The molecule has 9 nitrogen and oxygen atoms in total. The first-order valence-corrected chi connectivity index (χ1v) is 10.9. The van der Waals surface area contributed by atoms with Gasteiger partial charge in [0.25, 0.3) is 5.60 Å². The Balaban J connectivity index is 0.00000172. The van der Waals surface area contributed by atoms with Gasteiger partial charge >= 0.3 is 18.0 Å². The number of hydrogen-bond acceptors (Lipinski definition) is 7. The van der Waals surface area contributed by atoms with Crippen LogP contribution in [-0.4, -0.2) is 67.7 Å². The van der Waals surface area contributed by atoms with Crippen LogP contribution in [-0.2, 0) is 30.2 Å². The third kappa shape index (κ3) is 8.08. The highest BCUT2D eigenvalue weighted by Gasteiger charge is 2.51. The van der Waals surface area contributed by atoms with Gasteiger partial charge in [0.15, 0.2) is 0 Å². The molecule has 1 aromatic rings. The smallest absolute Gasteiger partial charge is 0.350 e.